The lowest BCUT2D eigenvalue weighted by Crippen LogP contribution is -2.48. The highest BCUT2D eigenvalue weighted by Gasteiger charge is 2.48. The Labute approximate surface area is 124 Å². The van der Waals surface area contributed by atoms with E-state index < -0.39 is 22.7 Å². The van der Waals surface area contributed by atoms with Crippen molar-refractivity contribution in [2.45, 2.75) is 34.1 Å². The van der Waals surface area contributed by atoms with Gasteiger partial charge in [-0.25, -0.2) is 4.79 Å². The van der Waals surface area contributed by atoms with Crippen molar-refractivity contribution in [3.63, 3.8) is 0 Å². The van der Waals surface area contributed by atoms with Crippen LogP contribution in [0.4, 0.5) is 4.79 Å². The van der Waals surface area contributed by atoms with Crippen molar-refractivity contribution in [2.75, 3.05) is 19.6 Å². The van der Waals surface area contributed by atoms with Crippen molar-refractivity contribution >= 4 is 17.9 Å². The SMILES string of the molecule is CC(C)C1(C(=O)O)CCN(C(=O)NCC(C)(C)C(N)=O)C1. The molecular formula is C14H25N3O4. The number of carbonyl (C=O) groups is 3. The summed E-state index contributed by atoms with van der Waals surface area (Å²) in [6, 6.07) is -0.354. The summed E-state index contributed by atoms with van der Waals surface area (Å²) >= 11 is 0. The molecule has 1 saturated heterocycles. The van der Waals surface area contributed by atoms with Crippen LogP contribution in [0, 0.1) is 16.7 Å². The molecule has 7 nitrogen and oxygen atoms in total. The quantitative estimate of drug-likeness (QED) is 0.691. The van der Waals surface area contributed by atoms with E-state index in [0.717, 1.165) is 0 Å². The number of urea groups is 1. The van der Waals surface area contributed by atoms with Crippen LogP contribution in [0.2, 0.25) is 0 Å². The summed E-state index contributed by atoms with van der Waals surface area (Å²) in [5, 5.41) is 12.1. The summed E-state index contributed by atoms with van der Waals surface area (Å²) in [5.41, 5.74) is 3.52. The van der Waals surface area contributed by atoms with Crippen LogP contribution in [0.3, 0.4) is 0 Å². The fourth-order valence-electron chi connectivity index (χ4n) is 2.39. The lowest BCUT2D eigenvalue weighted by atomic mass is 9.76. The third kappa shape index (κ3) is 3.46. The van der Waals surface area contributed by atoms with Crippen LogP contribution in [0.5, 0.6) is 0 Å². The van der Waals surface area contributed by atoms with Gasteiger partial charge in [0.05, 0.1) is 10.8 Å². The Bertz CT molecular complexity index is 448. The molecule has 3 amide bonds. The maximum atomic E-state index is 12.1. The number of nitrogens with two attached hydrogens (primary N) is 1. The van der Waals surface area contributed by atoms with Gasteiger partial charge in [0, 0.05) is 19.6 Å². The number of carboxylic acid groups (broad SMARTS) is 1. The lowest BCUT2D eigenvalue weighted by Gasteiger charge is -2.29. The topological polar surface area (TPSA) is 113 Å². The van der Waals surface area contributed by atoms with Crippen LogP contribution in [0.1, 0.15) is 34.1 Å². The number of carbonyl (C=O) groups excluding carboxylic acids is 2. The molecule has 0 aromatic carbocycles. The number of nitrogens with zero attached hydrogens (tertiary/aromatic N) is 1. The molecule has 1 unspecified atom stereocenters. The first-order valence-electron chi connectivity index (χ1n) is 7.09. The molecule has 21 heavy (non-hydrogen) atoms. The van der Waals surface area contributed by atoms with Crippen molar-refractivity contribution in [3.8, 4) is 0 Å². The van der Waals surface area contributed by atoms with Gasteiger partial charge in [-0.1, -0.05) is 13.8 Å². The standard InChI is InChI=1S/C14H25N3O4/c1-9(2)14(11(19)20)5-6-17(8-14)12(21)16-7-13(3,4)10(15)18/h9H,5-8H2,1-4H3,(H2,15,18)(H,16,21)(H,19,20). The fourth-order valence-corrected chi connectivity index (χ4v) is 2.39. The van der Waals surface area contributed by atoms with E-state index >= 15 is 0 Å². The van der Waals surface area contributed by atoms with Gasteiger partial charge in [0.15, 0.2) is 0 Å². The van der Waals surface area contributed by atoms with Gasteiger partial charge in [0.25, 0.3) is 0 Å². The van der Waals surface area contributed by atoms with Gasteiger partial charge in [-0.2, -0.15) is 0 Å². The molecule has 7 heteroatoms. The number of nitrogens with one attached hydrogen (secondary N) is 1. The number of rotatable bonds is 5. The first kappa shape index (κ1) is 17.3. The van der Waals surface area contributed by atoms with E-state index in [4.69, 9.17) is 5.73 Å². The molecule has 0 saturated carbocycles. The van der Waals surface area contributed by atoms with Gasteiger partial charge in [-0.15, -0.1) is 0 Å². The van der Waals surface area contributed by atoms with Crippen LogP contribution >= 0.6 is 0 Å². The maximum Gasteiger partial charge on any atom is 0.317 e. The predicted octanol–water partition coefficient (Wildman–Crippen LogP) is 0.640. The monoisotopic (exact) mass is 299 g/mol. The number of carboxylic acids is 1. The third-order valence-corrected chi connectivity index (χ3v) is 4.47. The number of hydrogen-bond acceptors (Lipinski definition) is 3. The van der Waals surface area contributed by atoms with Crippen LogP contribution in [0.15, 0.2) is 0 Å². The molecule has 1 heterocycles. The second-order valence-electron chi connectivity index (χ2n) is 6.69. The van der Waals surface area contributed by atoms with E-state index in [1.54, 1.807) is 13.8 Å². The molecular weight excluding hydrogens is 274 g/mol. The van der Waals surface area contributed by atoms with Gasteiger partial charge < -0.3 is 21.1 Å². The summed E-state index contributed by atoms with van der Waals surface area (Å²) in [7, 11) is 0. The molecule has 0 spiro atoms. The smallest absolute Gasteiger partial charge is 0.317 e. The van der Waals surface area contributed by atoms with Crippen molar-refractivity contribution < 1.29 is 19.5 Å². The molecule has 1 fully saturated rings. The second kappa shape index (κ2) is 5.91. The molecule has 1 aliphatic heterocycles. The minimum atomic E-state index is -0.892. The zero-order chi connectivity index (χ0) is 16.4. The van der Waals surface area contributed by atoms with Crippen molar-refractivity contribution in [3.05, 3.63) is 0 Å². The molecule has 0 aromatic rings. The van der Waals surface area contributed by atoms with E-state index in [-0.39, 0.29) is 25.0 Å². The van der Waals surface area contributed by atoms with Crippen molar-refractivity contribution in [1.82, 2.24) is 10.2 Å². The Morgan fingerprint density at radius 1 is 1.38 bits per heavy atom. The highest BCUT2D eigenvalue weighted by molar-refractivity contribution is 5.82. The highest BCUT2D eigenvalue weighted by Crippen LogP contribution is 2.38. The van der Waals surface area contributed by atoms with Crippen LogP contribution < -0.4 is 11.1 Å². The molecule has 4 N–H and O–H groups in total. The summed E-state index contributed by atoms with van der Waals surface area (Å²) in [5.74, 6) is -1.42. The van der Waals surface area contributed by atoms with Crippen molar-refractivity contribution in [1.29, 1.82) is 0 Å². The number of hydrogen-bond donors (Lipinski definition) is 3. The molecule has 0 radical (unpaired) electrons. The third-order valence-electron chi connectivity index (χ3n) is 4.47. The van der Waals surface area contributed by atoms with Gasteiger partial charge in [0.1, 0.15) is 0 Å². The van der Waals surface area contributed by atoms with Crippen molar-refractivity contribution in [2.24, 2.45) is 22.5 Å². The summed E-state index contributed by atoms with van der Waals surface area (Å²) in [4.78, 5) is 36.3. The van der Waals surface area contributed by atoms with Gasteiger partial charge in [-0.05, 0) is 26.2 Å². The Morgan fingerprint density at radius 2 is 1.95 bits per heavy atom. The summed E-state index contributed by atoms with van der Waals surface area (Å²) in [6.07, 6.45) is 0.437. The molecule has 0 aromatic heterocycles. The largest absolute Gasteiger partial charge is 0.481 e. The Morgan fingerprint density at radius 3 is 2.33 bits per heavy atom. The average Bonchev–Trinajstić information content (AvgIpc) is 2.82. The van der Waals surface area contributed by atoms with E-state index in [9.17, 15) is 19.5 Å². The molecule has 0 aliphatic carbocycles. The molecule has 0 bridgehead atoms. The lowest BCUT2D eigenvalue weighted by molar-refractivity contribution is -0.150. The average molecular weight is 299 g/mol. The maximum absolute atomic E-state index is 12.1. The second-order valence-corrected chi connectivity index (χ2v) is 6.69. The molecule has 1 rings (SSSR count). The minimum absolute atomic E-state index is 0.0603. The highest BCUT2D eigenvalue weighted by atomic mass is 16.4. The zero-order valence-corrected chi connectivity index (χ0v) is 13.1. The zero-order valence-electron chi connectivity index (χ0n) is 13.1. The van der Waals surface area contributed by atoms with Crippen LogP contribution in [-0.2, 0) is 9.59 Å². The summed E-state index contributed by atoms with van der Waals surface area (Å²) < 4.78 is 0. The summed E-state index contributed by atoms with van der Waals surface area (Å²) in [6.45, 7) is 7.71. The Balaban J connectivity index is 2.67. The van der Waals surface area contributed by atoms with Crippen LogP contribution in [0.25, 0.3) is 0 Å². The first-order valence-corrected chi connectivity index (χ1v) is 7.09. The minimum Gasteiger partial charge on any atom is -0.481 e. The normalized spacial score (nSPS) is 22.4. The number of aliphatic carboxylic acids is 1. The Kier molecular flexibility index (Phi) is 4.86. The Hall–Kier alpha value is -1.79. The predicted molar refractivity (Wildman–Crippen MR) is 77.5 cm³/mol. The van der Waals surface area contributed by atoms with E-state index in [2.05, 4.69) is 5.32 Å². The number of amides is 3. The number of primary amides is 1. The van der Waals surface area contributed by atoms with E-state index in [0.29, 0.717) is 13.0 Å². The van der Waals surface area contributed by atoms with Gasteiger partial charge in [0.2, 0.25) is 5.91 Å². The fraction of sp³-hybridized carbons (Fsp3) is 0.786. The molecule has 1 aliphatic rings. The van der Waals surface area contributed by atoms with E-state index in [1.165, 1.54) is 4.90 Å². The molecule has 1 atom stereocenters. The van der Waals surface area contributed by atoms with Crippen LogP contribution in [-0.4, -0.2) is 47.5 Å². The van der Waals surface area contributed by atoms with Gasteiger partial charge >= 0.3 is 12.0 Å². The number of likely N-dealkylation sites (tertiary alicyclic amines) is 1. The van der Waals surface area contributed by atoms with Gasteiger partial charge in [-0.3, -0.25) is 9.59 Å². The first-order chi connectivity index (χ1) is 9.53. The molecule has 120 valence electrons. The van der Waals surface area contributed by atoms with E-state index in [1.807, 2.05) is 13.8 Å².